The van der Waals surface area contributed by atoms with Crippen LogP contribution in [0.15, 0.2) is 47.7 Å². The summed E-state index contributed by atoms with van der Waals surface area (Å²) in [5, 5.41) is 7.92. The van der Waals surface area contributed by atoms with Crippen molar-refractivity contribution in [2.24, 2.45) is 4.99 Å². The molecule has 1 aromatic carbocycles. The number of rotatable bonds is 10. The number of methoxy groups -OCH3 is 1. The standard InChI is InChI=1S/C23H35N5O2/c1-3-24-23(27-14-11-22(12-15-27)30-17-7-16-29-2)25-13-10-20-18-26-28(19-20)21-8-5-4-6-9-21/h4-6,8-9,18-19,22H,3,7,10-17H2,1-2H3,(H,24,25). The number of nitrogens with one attached hydrogen (secondary N) is 1. The Bertz CT molecular complexity index is 754. The summed E-state index contributed by atoms with van der Waals surface area (Å²) in [6.45, 7) is 7.24. The van der Waals surface area contributed by atoms with E-state index in [-0.39, 0.29) is 0 Å². The first-order valence-corrected chi connectivity index (χ1v) is 11.0. The lowest BCUT2D eigenvalue weighted by atomic mass is 10.1. The van der Waals surface area contributed by atoms with Crippen LogP contribution in [0.1, 0.15) is 31.7 Å². The number of nitrogens with zero attached hydrogens (tertiary/aromatic N) is 4. The Morgan fingerprint density at radius 1 is 1.20 bits per heavy atom. The summed E-state index contributed by atoms with van der Waals surface area (Å²) in [5.41, 5.74) is 2.27. The SMILES string of the molecule is CCNC(=NCCc1cnn(-c2ccccc2)c1)N1CCC(OCCCOC)CC1. The summed E-state index contributed by atoms with van der Waals surface area (Å²) in [6, 6.07) is 10.2. The molecular weight excluding hydrogens is 378 g/mol. The third kappa shape index (κ3) is 6.85. The molecule has 1 aromatic heterocycles. The smallest absolute Gasteiger partial charge is 0.193 e. The number of piperidine rings is 1. The fourth-order valence-corrected chi connectivity index (χ4v) is 3.62. The summed E-state index contributed by atoms with van der Waals surface area (Å²) in [4.78, 5) is 7.22. The van der Waals surface area contributed by atoms with Gasteiger partial charge in [-0.25, -0.2) is 4.68 Å². The van der Waals surface area contributed by atoms with Crippen molar-refractivity contribution in [3.05, 3.63) is 48.3 Å². The normalized spacial score (nSPS) is 15.5. The van der Waals surface area contributed by atoms with E-state index in [1.54, 1.807) is 7.11 Å². The van der Waals surface area contributed by atoms with Gasteiger partial charge in [-0.2, -0.15) is 5.10 Å². The average Bonchev–Trinajstić information content (AvgIpc) is 3.26. The molecule has 1 N–H and O–H groups in total. The topological polar surface area (TPSA) is 63.9 Å². The fraction of sp³-hybridized carbons (Fsp3) is 0.565. The van der Waals surface area contributed by atoms with Crippen LogP contribution >= 0.6 is 0 Å². The number of hydrogen-bond acceptors (Lipinski definition) is 4. The van der Waals surface area contributed by atoms with Gasteiger partial charge >= 0.3 is 0 Å². The minimum absolute atomic E-state index is 0.352. The number of likely N-dealkylation sites (tertiary alicyclic amines) is 1. The first-order chi connectivity index (χ1) is 14.8. The first kappa shape index (κ1) is 22.3. The second-order valence-electron chi connectivity index (χ2n) is 7.52. The molecule has 1 saturated heterocycles. The van der Waals surface area contributed by atoms with E-state index in [0.29, 0.717) is 6.10 Å². The lowest BCUT2D eigenvalue weighted by Gasteiger charge is -2.34. The van der Waals surface area contributed by atoms with Gasteiger partial charge in [-0.15, -0.1) is 0 Å². The molecule has 1 aliphatic rings. The van der Waals surface area contributed by atoms with Gasteiger partial charge in [0.15, 0.2) is 5.96 Å². The fourth-order valence-electron chi connectivity index (χ4n) is 3.62. The van der Waals surface area contributed by atoms with E-state index < -0.39 is 0 Å². The van der Waals surface area contributed by atoms with Crippen LogP contribution in [0.5, 0.6) is 0 Å². The Morgan fingerprint density at radius 3 is 2.73 bits per heavy atom. The van der Waals surface area contributed by atoms with E-state index in [4.69, 9.17) is 14.5 Å². The lowest BCUT2D eigenvalue weighted by molar-refractivity contribution is 0.00991. The molecule has 1 aliphatic heterocycles. The van der Waals surface area contributed by atoms with E-state index in [0.717, 1.165) is 76.7 Å². The second kappa shape index (κ2) is 12.3. The van der Waals surface area contributed by atoms with Crippen molar-refractivity contribution in [3.8, 4) is 5.69 Å². The molecule has 0 bridgehead atoms. The quantitative estimate of drug-likeness (QED) is 0.369. The van der Waals surface area contributed by atoms with Crippen LogP contribution in [-0.2, 0) is 15.9 Å². The molecule has 0 unspecified atom stereocenters. The minimum Gasteiger partial charge on any atom is -0.385 e. The maximum absolute atomic E-state index is 5.97. The molecule has 30 heavy (non-hydrogen) atoms. The molecule has 0 atom stereocenters. The third-order valence-electron chi connectivity index (χ3n) is 5.24. The van der Waals surface area contributed by atoms with E-state index in [9.17, 15) is 0 Å². The van der Waals surface area contributed by atoms with Gasteiger partial charge in [0.1, 0.15) is 0 Å². The summed E-state index contributed by atoms with van der Waals surface area (Å²) in [5.74, 6) is 1.01. The highest BCUT2D eigenvalue weighted by molar-refractivity contribution is 5.80. The summed E-state index contributed by atoms with van der Waals surface area (Å²) < 4.78 is 13.0. The zero-order valence-electron chi connectivity index (χ0n) is 18.3. The largest absolute Gasteiger partial charge is 0.385 e. The van der Waals surface area contributed by atoms with Gasteiger partial charge in [-0.05, 0) is 50.3 Å². The van der Waals surface area contributed by atoms with Crippen LogP contribution in [-0.4, -0.2) is 73.2 Å². The summed E-state index contributed by atoms with van der Waals surface area (Å²) in [7, 11) is 1.73. The Hall–Kier alpha value is -2.38. The van der Waals surface area contributed by atoms with E-state index in [1.807, 2.05) is 29.1 Å². The van der Waals surface area contributed by atoms with Gasteiger partial charge in [0.25, 0.3) is 0 Å². The Kier molecular flexibility index (Phi) is 9.18. The molecular formula is C23H35N5O2. The highest BCUT2D eigenvalue weighted by Crippen LogP contribution is 2.14. The maximum Gasteiger partial charge on any atom is 0.193 e. The van der Waals surface area contributed by atoms with Gasteiger partial charge in [-0.3, -0.25) is 4.99 Å². The molecule has 7 nitrogen and oxygen atoms in total. The van der Waals surface area contributed by atoms with Gasteiger partial charge in [-0.1, -0.05) is 18.2 Å². The molecule has 3 rings (SSSR count). The van der Waals surface area contributed by atoms with Gasteiger partial charge in [0, 0.05) is 52.7 Å². The van der Waals surface area contributed by atoms with Crippen molar-refractivity contribution in [1.29, 1.82) is 0 Å². The van der Waals surface area contributed by atoms with E-state index in [2.05, 4.69) is 40.6 Å². The predicted octanol–water partition coefficient (Wildman–Crippen LogP) is 2.90. The van der Waals surface area contributed by atoms with Gasteiger partial charge < -0.3 is 19.7 Å². The van der Waals surface area contributed by atoms with E-state index in [1.165, 1.54) is 5.56 Å². The molecule has 164 valence electrons. The van der Waals surface area contributed by atoms with Gasteiger partial charge in [0.2, 0.25) is 0 Å². The van der Waals surface area contributed by atoms with Crippen LogP contribution < -0.4 is 5.32 Å². The van der Waals surface area contributed by atoms with Crippen LogP contribution in [0.2, 0.25) is 0 Å². The molecule has 7 heteroatoms. The Balaban J connectivity index is 1.46. The third-order valence-corrected chi connectivity index (χ3v) is 5.24. The molecule has 0 aliphatic carbocycles. The Morgan fingerprint density at radius 2 is 2.00 bits per heavy atom. The maximum atomic E-state index is 5.97. The van der Waals surface area contributed by atoms with Crippen LogP contribution in [0, 0.1) is 0 Å². The monoisotopic (exact) mass is 413 g/mol. The number of ether oxygens (including phenoxy) is 2. The predicted molar refractivity (Wildman–Crippen MR) is 120 cm³/mol. The van der Waals surface area contributed by atoms with E-state index >= 15 is 0 Å². The van der Waals surface area contributed by atoms with Crippen molar-refractivity contribution < 1.29 is 9.47 Å². The van der Waals surface area contributed by atoms with Gasteiger partial charge in [0.05, 0.1) is 18.0 Å². The molecule has 2 aromatic rings. The van der Waals surface area contributed by atoms with Crippen LogP contribution in [0.3, 0.4) is 0 Å². The number of hydrogen-bond donors (Lipinski definition) is 1. The highest BCUT2D eigenvalue weighted by atomic mass is 16.5. The zero-order valence-corrected chi connectivity index (χ0v) is 18.3. The van der Waals surface area contributed by atoms with Crippen molar-refractivity contribution in [1.82, 2.24) is 20.0 Å². The second-order valence-corrected chi connectivity index (χ2v) is 7.52. The highest BCUT2D eigenvalue weighted by Gasteiger charge is 2.21. The molecule has 0 saturated carbocycles. The number of aliphatic imine (C=N–C) groups is 1. The number of aromatic nitrogens is 2. The van der Waals surface area contributed by atoms with Crippen molar-refractivity contribution in [3.63, 3.8) is 0 Å². The van der Waals surface area contributed by atoms with Crippen molar-refractivity contribution >= 4 is 5.96 Å². The molecule has 2 heterocycles. The average molecular weight is 414 g/mol. The number of guanidine groups is 1. The first-order valence-electron chi connectivity index (χ1n) is 11.0. The van der Waals surface area contributed by atoms with Crippen molar-refractivity contribution in [2.75, 3.05) is 46.5 Å². The molecule has 0 spiro atoms. The zero-order chi connectivity index (χ0) is 21.0. The molecule has 1 fully saturated rings. The number of para-hydroxylation sites is 1. The molecule has 0 radical (unpaired) electrons. The van der Waals surface area contributed by atoms with Crippen molar-refractivity contribution in [2.45, 2.75) is 38.7 Å². The lowest BCUT2D eigenvalue weighted by Crippen LogP contribution is -2.47. The number of benzene rings is 1. The Labute approximate surface area is 180 Å². The minimum atomic E-state index is 0.352. The van der Waals surface area contributed by atoms with Crippen LogP contribution in [0.25, 0.3) is 5.69 Å². The summed E-state index contributed by atoms with van der Waals surface area (Å²) in [6.07, 6.45) is 8.29. The van der Waals surface area contributed by atoms with Crippen LogP contribution in [0.4, 0.5) is 0 Å². The summed E-state index contributed by atoms with van der Waals surface area (Å²) >= 11 is 0. The molecule has 0 amide bonds.